The smallest absolute Gasteiger partial charge is 0.399 e. The topological polar surface area (TPSA) is 36.9 Å². The van der Waals surface area contributed by atoms with E-state index in [1.807, 2.05) is 11.3 Å². The fourth-order valence-electron chi connectivity index (χ4n) is 5.95. The van der Waals surface area contributed by atoms with Crippen molar-refractivity contribution >= 4 is 80.6 Å². The van der Waals surface area contributed by atoms with Crippen LogP contribution in [0.2, 0.25) is 18.1 Å². The summed E-state index contributed by atoms with van der Waals surface area (Å²) in [6.07, 6.45) is 0. The van der Waals surface area contributed by atoms with Crippen LogP contribution >= 0.6 is 22.7 Å². The lowest BCUT2D eigenvalue weighted by molar-refractivity contribution is 0.00578. The zero-order chi connectivity index (χ0) is 31.4. The van der Waals surface area contributed by atoms with Crippen molar-refractivity contribution in [2.45, 2.75) is 117 Å². The van der Waals surface area contributed by atoms with Gasteiger partial charge in [0.25, 0.3) is 0 Å². The Morgan fingerprint density at radius 3 is 1.51 bits per heavy atom. The predicted octanol–water partition coefficient (Wildman–Crippen LogP) is 8.12. The zero-order valence-corrected chi connectivity index (χ0v) is 30.6. The van der Waals surface area contributed by atoms with Gasteiger partial charge in [-0.1, -0.05) is 75.3 Å². The number of hydrogen-bond acceptors (Lipinski definition) is 6. The standard InChI is InChI=1S/C20H31BO2SSi.C14H17BO2S/c1-8-25(9-2,10-3)17-14-15-12-11-13-16(18(15)24-17)21-22-19(4,5)20(6,7)23-21;1-13(2)14(3,4)17-15(16-13)11-7-5-6-10-8-9-18-12(10)11/h11-14H,8-10H2,1-7H3;5-9H,1-4H3. The number of fused-ring (bicyclic) bond motifs is 2. The Labute approximate surface area is 268 Å². The zero-order valence-electron chi connectivity index (χ0n) is 27.9. The average Bonchev–Trinajstić information content (AvgIpc) is 3.69. The maximum Gasteiger partial charge on any atom is 0.496 e. The largest absolute Gasteiger partial charge is 0.496 e. The van der Waals surface area contributed by atoms with Crippen LogP contribution in [0.1, 0.15) is 76.2 Å². The van der Waals surface area contributed by atoms with Gasteiger partial charge in [-0.25, -0.2) is 0 Å². The van der Waals surface area contributed by atoms with Crippen molar-refractivity contribution in [3.05, 3.63) is 53.9 Å². The van der Waals surface area contributed by atoms with E-state index in [2.05, 4.69) is 130 Å². The molecule has 230 valence electrons. The minimum atomic E-state index is -1.36. The SMILES string of the molecule is CC1(C)OB(c2cccc3ccsc23)OC1(C)C.CC[Si](CC)(CC)c1cc2cccc(B3OC(C)(C)C(C)(C)O3)c2s1. The van der Waals surface area contributed by atoms with Crippen molar-refractivity contribution in [1.29, 1.82) is 0 Å². The van der Waals surface area contributed by atoms with Crippen molar-refractivity contribution < 1.29 is 18.6 Å². The fraction of sp³-hybridized carbons (Fsp3) is 0.529. The maximum atomic E-state index is 6.33. The summed E-state index contributed by atoms with van der Waals surface area (Å²) in [6, 6.07) is 21.4. The molecule has 0 bridgehead atoms. The lowest BCUT2D eigenvalue weighted by atomic mass is 9.78. The molecule has 0 saturated carbocycles. The van der Waals surface area contributed by atoms with E-state index in [0.717, 1.165) is 5.46 Å². The molecule has 2 fully saturated rings. The van der Waals surface area contributed by atoms with Crippen LogP contribution in [-0.2, 0) is 18.6 Å². The molecule has 0 aliphatic carbocycles. The molecule has 4 nitrogen and oxygen atoms in total. The van der Waals surface area contributed by atoms with Gasteiger partial charge < -0.3 is 18.6 Å². The first-order valence-corrected chi connectivity index (χ1v) is 20.1. The molecular formula is C34H48B2O4S2Si. The van der Waals surface area contributed by atoms with Gasteiger partial charge in [-0.05, 0) is 88.2 Å². The van der Waals surface area contributed by atoms with Gasteiger partial charge in [0.15, 0.2) is 0 Å². The Morgan fingerprint density at radius 2 is 1.05 bits per heavy atom. The summed E-state index contributed by atoms with van der Waals surface area (Å²) in [7, 11) is -1.90. The fourth-order valence-corrected chi connectivity index (χ4v) is 13.3. The Bertz CT molecular complexity index is 1550. The molecule has 0 unspecified atom stereocenters. The molecule has 4 aromatic rings. The highest BCUT2D eigenvalue weighted by molar-refractivity contribution is 7.32. The molecule has 0 radical (unpaired) electrons. The molecule has 0 N–H and O–H groups in total. The molecule has 2 aliphatic heterocycles. The summed E-state index contributed by atoms with van der Waals surface area (Å²) in [5.41, 5.74) is 1.18. The van der Waals surface area contributed by atoms with Crippen LogP contribution in [0.15, 0.2) is 53.9 Å². The summed E-state index contributed by atoms with van der Waals surface area (Å²) >= 11 is 3.73. The van der Waals surface area contributed by atoms with Gasteiger partial charge in [-0.3, -0.25) is 0 Å². The Kier molecular flexibility index (Phi) is 8.98. The lowest BCUT2D eigenvalue weighted by Gasteiger charge is -2.32. The van der Waals surface area contributed by atoms with Gasteiger partial charge >= 0.3 is 14.2 Å². The molecule has 2 aromatic heterocycles. The second kappa shape index (κ2) is 11.7. The second-order valence-corrected chi connectivity index (χ2v) is 21.6. The summed E-state index contributed by atoms with van der Waals surface area (Å²) in [4.78, 5) is 0. The highest BCUT2D eigenvalue weighted by atomic mass is 32.1. The van der Waals surface area contributed by atoms with Gasteiger partial charge in [-0.2, -0.15) is 0 Å². The maximum absolute atomic E-state index is 6.33. The third-order valence-electron chi connectivity index (χ3n) is 10.7. The van der Waals surface area contributed by atoms with E-state index in [4.69, 9.17) is 18.6 Å². The van der Waals surface area contributed by atoms with Gasteiger partial charge in [0, 0.05) is 20.3 Å². The normalized spacial score (nSPS) is 20.5. The first-order chi connectivity index (χ1) is 20.1. The van der Waals surface area contributed by atoms with Crippen LogP contribution in [-0.4, -0.2) is 44.7 Å². The molecule has 0 atom stereocenters. The highest BCUT2D eigenvalue weighted by Gasteiger charge is 2.53. The number of benzene rings is 2. The van der Waals surface area contributed by atoms with E-state index >= 15 is 0 Å². The molecule has 2 aliphatic rings. The first-order valence-electron chi connectivity index (χ1n) is 15.8. The van der Waals surface area contributed by atoms with E-state index in [0.29, 0.717) is 0 Å². The first kappa shape index (κ1) is 32.9. The second-order valence-electron chi connectivity index (χ2n) is 14.1. The van der Waals surface area contributed by atoms with Crippen LogP contribution in [0.5, 0.6) is 0 Å². The molecule has 43 heavy (non-hydrogen) atoms. The van der Waals surface area contributed by atoms with E-state index in [1.165, 1.54) is 43.8 Å². The molecule has 2 aromatic carbocycles. The van der Waals surface area contributed by atoms with Crippen molar-refractivity contribution in [1.82, 2.24) is 0 Å². The number of hydrogen-bond donors (Lipinski definition) is 0. The molecule has 2 saturated heterocycles. The third kappa shape index (κ3) is 5.84. The molecule has 9 heteroatoms. The highest BCUT2D eigenvalue weighted by Crippen LogP contribution is 2.39. The summed E-state index contributed by atoms with van der Waals surface area (Å²) < 4.78 is 29.1. The quantitative estimate of drug-likeness (QED) is 0.201. The van der Waals surface area contributed by atoms with E-state index < -0.39 is 8.07 Å². The van der Waals surface area contributed by atoms with Crippen LogP contribution in [0, 0.1) is 0 Å². The molecule has 0 amide bonds. The van der Waals surface area contributed by atoms with Crippen molar-refractivity contribution in [3.63, 3.8) is 0 Å². The molecule has 0 spiro atoms. The Balaban J connectivity index is 0.000000180. The molecule has 4 heterocycles. The van der Waals surface area contributed by atoms with Gasteiger partial charge in [0.1, 0.15) is 0 Å². The summed E-state index contributed by atoms with van der Waals surface area (Å²) in [5.74, 6) is 0. The Hall–Kier alpha value is -1.45. The Morgan fingerprint density at radius 1 is 0.605 bits per heavy atom. The summed E-state index contributed by atoms with van der Waals surface area (Å²) in [6.45, 7) is 23.9. The number of rotatable bonds is 6. The van der Waals surface area contributed by atoms with Crippen molar-refractivity contribution in [2.75, 3.05) is 0 Å². The molecular weight excluding hydrogens is 586 g/mol. The third-order valence-corrected chi connectivity index (χ3v) is 19.5. The van der Waals surface area contributed by atoms with Crippen LogP contribution < -0.4 is 15.4 Å². The molecule has 6 rings (SSSR count). The van der Waals surface area contributed by atoms with Crippen molar-refractivity contribution in [3.8, 4) is 0 Å². The minimum Gasteiger partial charge on any atom is -0.399 e. The van der Waals surface area contributed by atoms with Crippen LogP contribution in [0.3, 0.4) is 0 Å². The van der Waals surface area contributed by atoms with E-state index in [1.54, 1.807) is 15.8 Å². The predicted molar refractivity (Wildman–Crippen MR) is 192 cm³/mol. The van der Waals surface area contributed by atoms with Gasteiger partial charge in [0.2, 0.25) is 0 Å². The van der Waals surface area contributed by atoms with E-state index in [-0.39, 0.29) is 36.6 Å². The monoisotopic (exact) mass is 634 g/mol. The van der Waals surface area contributed by atoms with Gasteiger partial charge in [0.05, 0.1) is 30.5 Å². The average molecular weight is 635 g/mol. The number of thiophene rings is 2. The summed E-state index contributed by atoms with van der Waals surface area (Å²) in [5, 5.41) is 4.71. The van der Waals surface area contributed by atoms with Gasteiger partial charge in [-0.15, -0.1) is 22.7 Å². The van der Waals surface area contributed by atoms with Crippen LogP contribution in [0.25, 0.3) is 20.2 Å². The van der Waals surface area contributed by atoms with E-state index in [9.17, 15) is 0 Å². The van der Waals surface area contributed by atoms with Crippen molar-refractivity contribution in [2.24, 2.45) is 0 Å². The van der Waals surface area contributed by atoms with Crippen LogP contribution in [0.4, 0.5) is 0 Å². The minimum absolute atomic E-state index is 0.266. The lowest BCUT2D eigenvalue weighted by Crippen LogP contribution is -2.43.